The summed E-state index contributed by atoms with van der Waals surface area (Å²) in [6.07, 6.45) is 6.61. The third-order valence-electron chi connectivity index (χ3n) is 4.88. The average Bonchev–Trinajstić information content (AvgIpc) is 2.60. The highest BCUT2D eigenvalue weighted by Crippen LogP contribution is 2.31. The molecule has 1 aromatic carbocycles. The highest BCUT2D eigenvalue weighted by Gasteiger charge is 2.22. The molecule has 1 aliphatic rings. The number of carboxylic acids is 1. The van der Waals surface area contributed by atoms with E-state index in [1.165, 1.54) is 12.6 Å². The summed E-state index contributed by atoms with van der Waals surface area (Å²) in [7, 11) is 0. The number of nitrogens with two attached hydrogens (primary N) is 1. The van der Waals surface area contributed by atoms with Crippen LogP contribution in [0.1, 0.15) is 49.4 Å². The maximum absolute atomic E-state index is 14.8. The van der Waals surface area contributed by atoms with Crippen LogP contribution in [0.2, 0.25) is 0 Å². The number of pyridine rings is 1. The minimum atomic E-state index is -1.35. The Morgan fingerprint density at radius 2 is 2.08 bits per heavy atom. The number of aromatic carboxylic acids is 1. The topological polar surface area (TPSA) is 97.4 Å². The molecule has 3 rings (SSSR count). The summed E-state index contributed by atoms with van der Waals surface area (Å²) in [5.74, 6) is -2.04. The number of hydrogen-bond donors (Lipinski definition) is 3. The van der Waals surface area contributed by atoms with Gasteiger partial charge in [0.1, 0.15) is 5.56 Å². The Kier molecular flexibility index (Phi) is 4.65. The van der Waals surface area contributed by atoms with Crippen molar-refractivity contribution >= 4 is 28.2 Å². The van der Waals surface area contributed by atoms with Gasteiger partial charge >= 0.3 is 5.97 Å². The standard InChI is InChI=1S/C18H22FN3O3/c1-2-22-9-11(18(24)25)17(23)14-13(22)8-12(15(19)16(14)20)21-10-6-4-3-5-7-10/h8-10,21H,2-7,20H2,1H3,(H,24,25). The molecule has 134 valence electrons. The summed E-state index contributed by atoms with van der Waals surface area (Å²) >= 11 is 0. The average molecular weight is 347 g/mol. The van der Waals surface area contributed by atoms with E-state index in [4.69, 9.17) is 5.73 Å². The summed E-state index contributed by atoms with van der Waals surface area (Å²) in [5, 5.41) is 12.3. The van der Waals surface area contributed by atoms with Gasteiger partial charge in [-0.15, -0.1) is 0 Å². The fourth-order valence-corrected chi connectivity index (χ4v) is 3.53. The van der Waals surface area contributed by atoms with Crippen molar-refractivity contribution < 1.29 is 14.3 Å². The minimum Gasteiger partial charge on any atom is -0.477 e. The van der Waals surface area contributed by atoms with Crippen LogP contribution in [0.25, 0.3) is 10.9 Å². The molecule has 1 aromatic heterocycles. The first-order valence-electron chi connectivity index (χ1n) is 8.59. The van der Waals surface area contributed by atoms with E-state index in [2.05, 4.69) is 5.32 Å². The van der Waals surface area contributed by atoms with Crippen molar-refractivity contribution in [2.24, 2.45) is 0 Å². The molecule has 4 N–H and O–H groups in total. The molecule has 1 heterocycles. The zero-order valence-electron chi connectivity index (χ0n) is 14.1. The Bertz CT molecular complexity index is 885. The van der Waals surface area contributed by atoms with Crippen LogP contribution in [0.5, 0.6) is 0 Å². The SMILES string of the molecule is CCn1cc(C(=O)O)c(=O)c2c(N)c(F)c(NC3CCCCC3)cc21. The highest BCUT2D eigenvalue weighted by atomic mass is 19.1. The molecule has 2 aromatic rings. The summed E-state index contributed by atoms with van der Waals surface area (Å²) in [4.78, 5) is 23.8. The Morgan fingerprint density at radius 3 is 2.68 bits per heavy atom. The van der Waals surface area contributed by atoms with Crippen LogP contribution in [0, 0.1) is 5.82 Å². The zero-order chi connectivity index (χ0) is 18.1. The summed E-state index contributed by atoms with van der Waals surface area (Å²) < 4.78 is 16.4. The number of benzene rings is 1. The first-order valence-corrected chi connectivity index (χ1v) is 8.59. The molecule has 0 bridgehead atoms. The fraction of sp³-hybridized carbons (Fsp3) is 0.444. The highest BCUT2D eigenvalue weighted by molar-refractivity contribution is 5.99. The van der Waals surface area contributed by atoms with Crippen LogP contribution in [0.15, 0.2) is 17.1 Å². The number of carbonyl (C=O) groups is 1. The molecule has 0 atom stereocenters. The van der Waals surface area contributed by atoms with Gasteiger partial charge in [-0.25, -0.2) is 9.18 Å². The fourth-order valence-electron chi connectivity index (χ4n) is 3.53. The van der Waals surface area contributed by atoms with E-state index in [9.17, 15) is 19.1 Å². The molecule has 0 saturated heterocycles. The second-order valence-corrected chi connectivity index (χ2v) is 6.49. The van der Waals surface area contributed by atoms with Crippen molar-refractivity contribution in [1.82, 2.24) is 4.57 Å². The van der Waals surface area contributed by atoms with Crippen LogP contribution in [-0.2, 0) is 6.54 Å². The van der Waals surface area contributed by atoms with Crippen molar-refractivity contribution in [3.63, 3.8) is 0 Å². The Morgan fingerprint density at radius 1 is 1.40 bits per heavy atom. The second kappa shape index (κ2) is 6.74. The number of rotatable bonds is 4. The van der Waals surface area contributed by atoms with Gasteiger partial charge in [-0.1, -0.05) is 19.3 Å². The third-order valence-corrected chi connectivity index (χ3v) is 4.88. The van der Waals surface area contributed by atoms with Crippen LogP contribution >= 0.6 is 0 Å². The predicted octanol–water partition coefficient (Wildman–Crippen LogP) is 3.19. The van der Waals surface area contributed by atoms with E-state index in [1.54, 1.807) is 10.6 Å². The van der Waals surface area contributed by atoms with Gasteiger partial charge in [0, 0.05) is 18.8 Å². The number of nitrogen functional groups attached to an aromatic ring is 1. The lowest BCUT2D eigenvalue weighted by atomic mass is 9.95. The van der Waals surface area contributed by atoms with Crippen molar-refractivity contribution in [3.05, 3.63) is 33.9 Å². The summed E-state index contributed by atoms with van der Waals surface area (Å²) in [6.45, 7) is 2.26. The number of nitrogens with zero attached hydrogens (tertiary/aromatic N) is 1. The molecule has 0 radical (unpaired) electrons. The van der Waals surface area contributed by atoms with Gasteiger partial charge in [0.05, 0.1) is 22.3 Å². The van der Waals surface area contributed by atoms with Crippen LogP contribution in [0.3, 0.4) is 0 Å². The smallest absolute Gasteiger partial charge is 0.341 e. The Labute approximate surface area is 144 Å². The molecule has 25 heavy (non-hydrogen) atoms. The van der Waals surface area contributed by atoms with E-state index < -0.39 is 22.8 Å². The number of aromatic nitrogens is 1. The quantitative estimate of drug-likeness (QED) is 0.738. The Hall–Kier alpha value is -2.57. The second-order valence-electron chi connectivity index (χ2n) is 6.49. The van der Waals surface area contributed by atoms with Crippen LogP contribution in [-0.4, -0.2) is 21.7 Å². The van der Waals surface area contributed by atoms with Gasteiger partial charge in [0.25, 0.3) is 0 Å². The van der Waals surface area contributed by atoms with E-state index in [1.807, 2.05) is 6.92 Å². The van der Waals surface area contributed by atoms with Gasteiger partial charge in [-0.3, -0.25) is 4.79 Å². The largest absolute Gasteiger partial charge is 0.477 e. The molecular weight excluding hydrogens is 325 g/mol. The Balaban J connectivity index is 2.19. The predicted molar refractivity (Wildman–Crippen MR) is 95.7 cm³/mol. The number of fused-ring (bicyclic) bond motifs is 1. The number of carboxylic acid groups (broad SMARTS) is 1. The summed E-state index contributed by atoms with van der Waals surface area (Å²) in [6, 6.07) is 1.74. The molecule has 0 amide bonds. The maximum atomic E-state index is 14.8. The van der Waals surface area contributed by atoms with Gasteiger partial charge in [0.2, 0.25) is 5.43 Å². The van der Waals surface area contributed by atoms with Crippen LogP contribution < -0.4 is 16.5 Å². The lowest BCUT2D eigenvalue weighted by Gasteiger charge is -2.25. The first kappa shape index (κ1) is 17.3. The molecule has 1 aliphatic carbocycles. The van der Waals surface area contributed by atoms with Crippen LogP contribution in [0.4, 0.5) is 15.8 Å². The lowest BCUT2D eigenvalue weighted by Crippen LogP contribution is -2.24. The molecule has 0 spiro atoms. The summed E-state index contributed by atoms with van der Waals surface area (Å²) in [5.41, 5.74) is 5.14. The third kappa shape index (κ3) is 3.06. The van der Waals surface area contributed by atoms with Crippen molar-refractivity contribution in [3.8, 4) is 0 Å². The van der Waals surface area contributed by atoms with E-state index in [0.29, 0.717) is 12.1 Å². The minimum absolute atomic E-state index is 0.0755. The van der Waals surface area contributed by atoms with Gasteiger partial charge in [-0.2, -0.15) is 0 Å². The normalized spacial score (nSPS) is 15.4. The zero-order valence-corrected chi connectivity index (χ0v) is 14.1. The van der Waals surface area contributed by atoms with Crippen molar-refractivity contribution in [2.45, 2.75) is 51.6 Å². The van der Waals surface area contributed by atoms with E-state index in [-0.39, 0.29) is 22.8 Å². The maximum Gasteiger partial charge on any atom is 0.341 e. The molecular formula is C18H22FN3O3. The number of halogens is 1. The molecule has 0 aliphatic heterocycles. The molecule has 1 saturated carbocycles. The molecule has 1 fully saturated rings. The number of hydrogen-bond acceptors (Lipinski definition) is 4. The van der Waals surface area contributed by atoms with E-state index in [0.717, 1.165) is 25.7 Å². The molecule has 7 heteroatoms. The van der Waals surface area contributed by atoms with Crippen molar-refractivity contribution in [1.29, 1.82) is 0 Å². The van der Waals surface area contributed by atoms with Crippen molar-refractivity contribution in [2.75, 3.05) is 11.1 Å². The lowest BCUT2D eigenvalue weighted by molar-refractivity contribution is 0.0695. The molecule has 6 nitrogen and oxygen atoms in total. The number of anilines is 2. The van der Waals surface area contributed by atoms with Gasteiger partial charge < -0.3 is 20.7 Å². The number of aryl methyl sites for hydroxylation is 1. The first-order chi connectivity index (χ1) is 11.9. The van der Waals surface area contributed by atoms with Gasteiger partial charge in [-0.05, 0) is 25.8 Å². The van der Waals surface area contributed by atoms with Gasteiger partial charge in [0.15, 0.2) is 5.82 Å². The monoisotopic (exact) mass is 347 g/mol. The van der Waals surface area contributed by atoms with E-state index >= 15 is 0 Å². The number of nitrogens with one attached hydrogen (secondary N) is 1. The molecule has 0 unspecified atom stereocenters.